The third kappa shape index (κ3) is 4.15. The Morgan fingerprint density at radius 3 is 2.56 bits per heavy atom. The number of nitrogens with one attached hydrogen (secondary N) is 1. The first-order chi connectivity index (χ1) is 12.6. The summed E-state index contributed by atoms with van der Waals surface area (Å²) >= 11 is 0. The standard InChI is InChI=1S/C18H19N3O5S/c1-12-9-14(4-6-17(12)21(23)24)18(22)19-16-5-3-13-7-8-20(27(2,25)26)11-15(13)10-16/h3-6,9-10H,7-8,11H2,1-2H3,(H,19,22). The molecule has 0 unspecified atom stereocenters. The van der Waals surface area contributed by atoms with E-state index < -0.39 is 14.9 Å². The van der Waals surface area contributed by atoms with E-state index in [4.69, 9.17) is 0 Å². The van der Waals surface area contributed by atoms with Crippen LogP contribution < -0.4 is 5.32 Å². The summed E-state index contributed by atoms with van der Waals surface area (Å²) in [6, 6.07) is 9.60. The minimum Gasteiger partial charge on any atom is -0.322 e. The summed E-state index contributed by atoms with van der Waals surface area (Å²) in [6.07, 6.45) is 1.80. The van der Waals surface area contributed by atoms with Gasteiger partial charge in [-0.25, -0.2) is 8.42 Å². The number of fused-ring (bicyclic) bond motifs is 1. The van der Waals surface area contributed by atoms with Crippen LogP contribution in [-0.4, -0.2) is 36.4 Å². The molecule has 0 aromatic heterocycles. The quantitative estimate of drug-likeness (QED) is 0.638. The Morgan fingerprint density at radius 2 is 1.93 bits per heavy atom. The number of carbonyl (C=O) groups is 1. The van der Waals surface area contributed by atoms with Crippen molar-refractivity contribution >= 4 is 27.3 Å². The summed E-state index contributed by atoms with van der Waals surface area (Å²) in [5, 5.41) is 13.6. The van der Waals surface area contributed by atoms with E-state index in [0.717, 1.165) is 11.1 Å². The van der Waals surface area contributed by atoms with Gasteiger partial charge in [0.05, 0.1) is 11.2 Å². The van der Waals surface area contributed by atoms with Crippen LogP contribution >= 0.6 is 0 Å². The fourth-order valence-corrected chi connectivity index (χ4v) is 3.89. The normalized spacial score (nSPS) is 14.4. The van der Waals surface area contributed by atoms with Gasteiger partial charge in [-0.2, -0.15) is 4.31 Å². The molecular formula is C18H19N3O5S. The van der Waals surface area contributed by atoms with Crippen LogP contribution in [0.15, 0.2) is 36.4 Å². The van der Waals surface area contributed by atoms with E-state index in [1.165, 1.54) is 28.8 Å². The second kappa shape index (κ2) is 7.09. The minimum absolute atomic E-state index is 0.0406. The Hall–Kier alpha value is -2.78. The van der Waals surface area contributed by atoms with Crippen LogP contribution in [0.3, 0.4) is 0 Å². The molecule has 3 rings (SSSR count). The van der Waals surface area contributed by atoms with Gasteiger partial charge in [-0.1, -0.05) is 6.07 Å². The topological polar surface area (TPSA) is 110 Å². The van der Waals surface area contributed by atoms with Crippen molar-refractivity contribution in [1.29, 1.82) is 0 Å². The molecule has 0 radical (unpaired) electrons. The predicted octanol–water partition coefficient (Wildman–Crippen LogP) is 2.47. The molecule has 0 saturated heterocycles. The smallest absolute Gasteiger partial charge is 0.272 e. The number of hydrogen-bond donors (Lipinski definition) is 1. The molecule has 1 aliphatic heterocycles. The number of amides is 1. The molecule has 0 fully saturated rings. The molecule has 9 heteroatoms. The van der Waals surface area contributed by atoms with Gasteiger partial charge in [0.2, 0.25) is 10.0 Å². The van der Waals surface area contributed by atoms with Crippen LogP contribution in [0.1, 0.15) is 27.0 Å². The molecule has 27 heavy (non-hydrogen) atoms. The lowest BCUT2D eigenvalue weighted by Crippen LogP contribution is -2.35. The molecule has 8 nitrogen and oxygen atoms in total. The van der Waals surface area contributed by atoms with Crippen molar-refractivity contribution in [1.82, 2.24) is 4.31 Å². The molecule has 2 aromatic carbocycles. The van der Waals surface area contributed by atoms with Crippen LogP contribution in [0, 0.1) is 17.0 Å². The molecule has 142 valence electrons. The largest absolute Gasteiger partial charge is 0.322 e. The molecule has 1 heterocycles. The number of nitro benzene ring substituents is 1. The molecule has 0 spiro atoms. The monoisotopic (exact) mass is 389 g/mol. The van der Waals surface area contributed by atoms with Gasteiger partial charge in [0.15, 0.2) is 0 Å². The zero-order valence-electron chi connectivity index (χ0n) is 14.9. The summed E-state index contributed by atoms with van der Waals surface area (Å²) in [4.78, 5) is 22.8. The fourth-order valence-electron chi connectivity index (χ4n) is 3.10. The molecule has 1 amide bonds. The van der Waals surface area contributed by atoms with Gasteiger partial charge in [0, 0.05) is 36.0 Å². The fraction of sp³-hybridized carbons (Fsp3) is 0.278. The van der Waals surface area contributed by atoms with E-state index in [9.17, 15) is 23.3 Å². The Kier molecular flexibility index (Phi) is 4.99. The van der Waals surface area contributed by atoms with Crippen molar-refractivity contribution < 1.29 is 18.1 Å². The zero-order valence-corrected chi connectivity index (χ0v) is 15.7. The first-order valence-corrected chi connectivity index (χ1v) is 10.1. The van der Waals surface area contributed by atoms with E-state index in [-0.39, 0.29) is 18.1 Å². The van der Waals surface area contributed by atoms with Crippen LogP contribution in [-0.2, 0) is 23.0 Å². The maximum Gasteiger partial charge on any atom is 0.272 e. The van der Waals surface area contributed by atoms with E-state index in [2.05, 4.69) is 5.32 Å². The van der Waals surface area contributed by atoms with Crippen molar-refractivity contribution in [2.24, 2.45) is 0 Å². The van der Waals surface area contributed by atoms with E-state index in [1.54, 1.807) is 19.1 Å². The minimum atomic E-state index is -3.27. The first kappa shape index (κ1) is 19.0. The van der Waals surface area contributed by atoms with Gasteiger partial charge >= 0.3 is 0 Å². The number of nitrogens with zero attached hydrogens (tertiary/aromatic N) is 2. The van der Waals surface area contributed by atoms with E-state index >= 15 is 0 Å². The molecular weight excluding hydrogens is 370 g/mol. The Balaban J connectivity index is 1.80. The number of anilines is 1. The average Bonchev–Trinajstić information content (AvgIpc) is 2.59. The van der Waals surface area contributed by atoms with Crippen molar-refractivity contribution in [3.8, 4) is 0 Å². The highest BCUT2D eigenvalue weighted by Gasteiger charge is 2.23. The summed E-state index contributed by atoms with van der Waals surface area (Å²) in [5.41, 5.74) is 3.13. The summed E-state index contributed by atoms with van der Waals surface area (Å²) in [7, 11) is -3.27. The summed E-state index contributed by atoms with van der Waals surface area (Å²) < 4.78 is 24.9. The number of carbonyl (C=O) groups excluding carboxylic acids is 1. The Labute approximate surface area is 157 Å². The van der Waals surface area contributed by atoms with Gasteiger partial charge in [0.1, 0.15) is 0 Å². The molecule has 0 saturated carbocycles. The van der Waals surface area contributed by atoms with E-state index in [1.807, 2.05) is 6.07 Å². The van der Waals surface area contributed by atoms with Gasteiger partial charge < -0.3 is 5.32 Å². The van der Waals surface area contributed by atoms with Crippen LogP contribution in [0.25, 0.3) is 0 Å². The predicted molar refractivity (Wildman–Crippen MR) is 101 cm³/mol. The molecule has 0 atom stereocenters. The molecule has 1 aliphatic rings. The lowest BCUT2D eigenvalue weighted by Gasteiger charge is -2.27. The number of hydrogen-bond acceptors (Lipinski definition) is 5. The van der Waals surface area contributed by atoms with Crippen molar-refractivity contribution in [3.05, 3.63) is 68.8 Å². The van der Waals surface area contributed by atoms with Gasteiger partial charge in [-0.05, 0) is 48.7 Å². The van der Waals surface area contributed by atoms with Crippen LogP contribution in [0.4, 0.5) is 11.4 Å². The number of sulfonamides is 1. The van der Waals surface area contributed by atoms with Crippen molar-refractivity contribution in [2.45, 2.75) is 19.9 Å². The summed E-state index contributed by atoms with van der Waals surface area (Å²) in [6.45, 7) is 2.29. The first-order valence-electron chi connectivity index (χ1n) is 8.28. The highest BCUT2D eigenvalue weighted by atomic mass is 32.2. The van der Waals surface area contributed by atoms with Gasteiger partial charge in [-0.15, -0.1) is 0 Å². The maximum absolute atomic E-state index is 12.5. The number of benzene rings is 2. The molecule has 0 bridgehead atoms. The summed E-state index contributed by atoms with van der Waals surface area (Å²) in [5.74, 6) is -0.385. The zero-order chi connectivity index (χ0) is 19.8. The number of aryl methyl sites for hydroxylation is 1. The van der Waals surface area contributed by atoms with Gasteiger partial charge in [-0.3, -0.25) is 14.9 Å². The Bertz CT molecular complexity index is 1030. The lowest BCUT2D eigenvalue weighted by molar-refractivity contribution is -0.385. The Morgan fingerprint density at radius 1 is 1.19 bits per heavy atom. The number of nitro groups is 1. The third-order valence-corrected chi connectivity index (χ3v) is 5.82. The van der Waals surface area contributed by atoms with Crippen LogP contribution in [0.2, 0.25) is 0 Å². The second-order valence-electron chi connectivity index (χ2n) is 6.54. The van der Waals surface area contributed by atoms with Crippen molar-refractivity contribution in [2.75, 3.05) is 18.1 Å². The third-order valence-electron chi connectivity index (χ3n) is 4.57. The van der Waals surface area contributed by atoms with Gasteiger partial charge in [0.25, 0.3) is 11.6 Å². The highest BCUT2D eigenvalue weighted by molar-refractivity contribution is 7.88. The molecule has 0 aliphatic carbocycles. The van der Waals surface area contributed by atoms with Crippen LogP contribution in [0.5, 0.6) is 0 Å². The lowest BCUT2D eigenvalue weighted by atomic mass is 10.0. The number of rotatable bonds is 4. The second-order valence-corrected chi connectivity index (χ2v) is 8.52. The molecule has 2 aromatic rings. The average molecular weight is 389 g/mol. The maximum atomic E-state index is 12.5. The van der Waals surface area contributed by atoms with Crippen molar-refractivity contribution in [3.63, 3.8) is 0 Å². The SMILES string of the molecule is Cc1cc(C(=O)Nc2ccc3c(c2)CN(S(C)(=O)=O)CC3)ccc1[N+](=O)[O-]. The van der Waals surface area contributed by atoms with E-state index in [0.29, 0.717) is 29.8 Å². The highest BCUT2D eigenvalue weighted by Crippen LogP contribution is 2.25. The molecule has 1 N–H and O–H groups in total.